The number of thioether (sulfide) groups is 1. The van der Waals surface area contributed by atoms with Gasteiger partial charge in [0.05, 0.1) is 6.54 Å². The molecule has 2 heterocycles. The highest BCUT2D eigenvalue weighted by molar-refractivity contribution is 8.00. The topological polar surface area (TPSA) is 66.5 Å². The highest BCUT2D eigenvalue weighted by atomic mass is 32.2. The smallest absolute Gasteiger partial charge is 0.228 e. The number of hydrogen-bond donors (Lipinski definition) is 1. The maximum absolute atomic E-state index is 5.28. The van der Waals surface area contributed by atoms with Crippen molar-refractivity contribution in [3.63, 3.8) is 0 Å². The molecule has 0 spiro atoms. The zero-order valence-corrected chi connectivity index (χ0v) is 15.7. The molecule has 0 amide bonds. The second-order valence-corrected chi connectivity index (χ2v) is 8.52. The van der Waals surface area contributed by atoms with Crippen LogP contribution < -0.4 is 5.32 Å². The van der Waals surface area contributed by atoms with E-state index in [-0.39, 0.29) is 4.75 Å². The summed E-state index contributed by atoms with van der Waals surface area (Å²) in [6.45, 7) is 14.4. The van der Waals surface area contributed by atoms with Crippen LogP contribution in [0.15, 0.2) is 9.52 Å². The lowest BCUT2D eigenvalue weighted by atomic mass is 10.2. The third-order valence-electron chi connectivity index (χ3n) is 3.65. The van der Waals surface area contributed by atoms with E-state index in [4.69, 9.17) is 9.52 Å². The molecule has 1 aliphatic rings. The van der Waals surface area contributed by atoms with Gasteiger partial charge in [0.2, 0.25) is 5.89 Å². The molecule has 0 radical (unpaired) electrons. The van der Waals surface area contributed by atoms with Crippen LogP contribution in [0.3, 0.4) is 0 Å². The monoisotopic (exact) mass is 339 g/mol. The van der Waals surface area contributed by atoms with Gasteiger partial charge in [-0.25, -0.2) is 0 Å². The number of aromatic nitrogens is 2. The Morgan fingerprint density at radius 2 is 2.26 bits per heavy atom. The Morgan fingerprint density at radius 1 is 1.48 bits per heavy atom. The molecule has 2 rings (SSSR count). The molecule has 0 unspecified atom stereocenters. The molecule has 1 fully saturated rings. The zero-order chi connectivity index (χ0) is 16.9. The molecule has 0 aliphatic carbocycles. The largest absolute Gasteiger partial charge is 0.357 e. The normalized spacial score (nSPS) is 18.5. The minimum atomic E-state index is 0.271. The summed E-state index contributed by atoms with van der Waals surface area (Å²) in [6.07, 6.45) is 0.681. The second-order valence-electron chi connectivity index (χ2n) is 6.72. The summed E-state index contributed by atoms with van der Waals surface area (Å²) in [4.78, 5) is 11.5. The predicted molar refractivity (Wildman–Crippen MR) is 96.2 cm³/mol. The highest BCUT2D eigenvalue weighted by Gasteiger charge is 2.28. The highest BCUT2D eigenvalue weighted by Crippen LogP contribution is 2.29. The van der Waals surface area contributed by atoms with Crippen LogP contribution in [0, 0.1) is 0 Å². The van der Waals surface area contributed by atoms with E-state index in [0.717, 1.165) is 37.2 Å². The molecule has 0 aromatic carbocycles. The van der Waals surface area contributed by atoms with E-state index >= 15 is 0 Å². The Labute approximate surface area is 143 Å². The average molecular weight is 340 g/mol. The van der Waals surface area contributed by atoms with Gasteiger partial charge in [-0.05, 0) is 20.8 Å². The number of hydrogen-bond acceptors (Lipinski definition) is 5. The molecule has 0 atom stereocenters. The van der Waals surface area contributed by atoms with Crippen molar-refractivity contribution in [2.75, 3.05) is 31.9 Å². The van der Waals surface area contributed by atoms with E-state index in [1.165, 1.54) is 0 Å². The van der Waals surface area contributed by atoms with Crippen LogP contribution in [0.5, 0.6) is 0 Å². The Hall–Kier alpha value is -1.24. The van der Waals surface area contributed by atoms with Gasteiger partial charge in [0.1, 0.15) is 0 Å². The standard InChI is InChI=1S/C16H29N5OS/c1-6-17-15(21-9-10-23-16(4,5)11-21)18-8-7-13-19-14(12(2)3)20-22-13/h12H,6-11H2,1-5H3,(H,17,18). The van der Waals surface area contributed by atoms with Crippen molar-refractivity contribution < 1.29 is 4.52 Å². The lowest BCUT2D eigenvalue weighted by Gasteiger charge is -2.39. The second kappa shape index (κ2) is 8.04. The summed E-state index contributed by atoms with van der Waals surface area (Å²) in [5, 5.41) is 7.40. The Morgan fingerprint density at radius 3 is 2.87 bits per heavy atom. The number of rotatable bonds is 5. The first kappa shape index (κ1) is 18.1. The van der Waals surface area contributed by atoms with E-state index in [2.05, 4.69) is 55.0 Å². The lowest BCUT2D eigenvalue weighted by Crippen LogP contribution is -2.51. The quantitative estimate of drug-likeness (QED) is 0.657. The zero-order valence-electron chi connectivity index (χ0n) is 14.9. The van der Waals surface area contributed by atoms with Gasteiger partial charge in [0.15, 0.2) is 11.8 Å². The van der Waals surface area contributed by atoms with E-state index in [1.54, 1.807) is 0 Å². The molecule has 1 aliphatic heterocycles. The molecule has 7 heteroatoms. The van der Waals surface area contributed by atoms with Crippen molar-refractivity contribution in [1.29, 1.82) is 0 Å². The Kier molecular flexibility index (Phi) is 6.33. The van der Waals surface area contributed by atoms with Crippen LogP contribution in [0.25, 0.3) is 0 Å². The van der Waals surface area contributed by atoms with Gasteiger partial charge in [0.25, 0.3) is 0 Å². The minimum Gasteiger partial charge on any atom is -0.357 e. The van der Waals surface area contributed by atoms with Crippen molar-refractivity contribution in [2.45, 2.75) is 51.7 Å². The fourth-order valence-corrected chi connectivity index (χ4v) is 3.60. The van der Waals surface area contributed by atoms with Crippen LogP contribution in [0.2, 0.25) is 0 Å². The van der Waals surface area contributed by atoms with E-state index in [1.807, 2.05) is 11.8 Å². The number of guanidine groups is 1. The Balaban J connectivity index is 1.95. The predicted octanol–water partition coefficient (Wildman–Crippen LogP) is 2.53. The van der Waals surface area contributed by atoms with Gasteiger partial charge in [-0.1, -0.05) is 19.0 Å². The molecule has 130 valence electrons. The number of nitrogens with zero attached hydrogens (tertiary/aromatic N) is 4. The van der Waals surface area contributed by atoms with Crippen molar-refractivity contribution in [3.05, 3.63) is 11.7 Å². The van der Waals surface area contributed by atoms with Gasteiger partial charge in [0, 0.05) is 42.5 Å². The van der Waals surface area contributed by atoms with Crippen molar-refractivity contribution in [1.82, 2.24) is 20.4 Å². The lowest BCUT2D eigenvalue weighted by molar-refractivity contribution is 0.368. The summed E-state index contributed by atoms with van der Waals surface area (Å²) < 4.78 is 5.55. The first-order valence-electron chi connectivity index (χ1n) is 8.41. The molecule has 1 aromatic heterocycles. The average Bonchev–Trinajstić information content (AvgIpc) is 2.94. The summed E-state index contributed by atoms with van der Waals surface area (Å²) in [5.41, 5.74) is 0. The number of aliphatic imine (C=N–C) groups is 1. The molecule has 1 aromatic rings. The third-order valence-corrected chi connectivity index (χ3v) is 4.94. The van der Waals surface area contributed by atoms with Crippen LogP contribution in [-0.4, -0.2) is 57.7 Å². The van der Waals surface area contributed by atoms with Gasteiger partial charge >= 0.3 is 0 Å². The Bertz CT molecular complexity index is 526. The van der Waals surface area contributed by atoms with Crippen molar-refractivity contribution in [2.24, 2.45) is 4.99 Å². The van der Waals surface area contributed by atoms with Gasteiger partial charge < -0.3 is 14.7 Å². The van der Waals surface area contributed by atoms with E-state index in [9.17, 15) is 0 Å². The molecule has 1 N–H and O–H groups in total. The maximum atomic E-state index is 5.28. The van der Waals surface area contributed by atoms with Crippen molar-refractivity contribution in [3.8, 4) is 0 Å². The van der Waals surface area contributed by atoms with Crippen LogP contribution >= 0.6 is 11.8 Å². The first-order chi connectivity index (χ1) is 10.9. The number of nitrogens with one attached hydrogen (secondary N) is 1. The fourth-order valence-electron chi connectivity index (χ4n) is 2.48. The van der Waals surface area contributed by atoms with Gasteiger partial charge in [-0.3, -0.25) is 4.99 Å². The SMILES string of the molecule is CCNC(=NCCc1nc(C(C)C)no1)N1CCSC(C)(C)C1. The molecular formula is C16H29N5OS. The molecule has 0 bridgehead atoms. The van der Waals surface area contributed by atoms with Crippen LogP contribution in [0.4, 0.5) is 0 Å². The summed E-state index contributed by atoms with van der Waals surface area (Å²) >= 11 is 2.03. The minimum absolute atomic E-state index is 0.271. The van der Waals surface area contributed by atoms with E-state index < -0.39 is 0 Å². The van der Waals surface area contributed by atoms with Crippen molar-refractivity contribution >= 4 is 17.7 Å². The van der Waals surface area contributed by atoms with Gasteiger partial charge in [-0.2, -0.15) is 16.7 Å². The van der Waals surface area contributed by atoms with Gasteiger partial charge in [-0.15, -0.1) is 0 Å². The summed E-state index contributed by atoms with van der Waals surface area (Å²) in [7, 11) is 0. The molecule has 1 saturated heterocycles. The maximum Gasteiger partial charge on any atom is 0.228 e. The summed E-state index contributed by atoms with van der Waals surface area (Å²) in [5.74, 6) is 3.86. The first-order valence-corrected chi connectivity index (χ1v) is 9.39. The van der Waals surface area contributed by atoms with Crippen LogP contribution in [-0.2, 0) is 6.42 Å². The fraction of sp³-hybridized carbons (Fsp3) is 0.812. The summed E-state index contributed by atoms with van der Waals surface area (Å²) in [6, 6.07) is 0. The third kappa shape index (κ3) is 5.41. The molecule has 23 heavy (non-hydrogen) atoms. The van der Waals surface area contributed by atoms with Crippen LogP contribution in [0.1, 0.15) is 52.3 Å². The van der Waals surface area contributed by atoms with E-state index in [0.29, 0.717) is 24.8 Å². The molecule has 6 nitrogen and oxygen atoms in total. The molecule has 0 saturated carbocycles. The molecular weight excluding hydrogens is 310 g/mol.